The molecule has 1 N–H and O–H groups in total. The van der Waals surface area contributed by atoms with Gasteiger partial charge in [-0.1, -0.05) is 20.3 Å². The number of carboxylic acid groups (broad SMARTS) is 1. The highest BCUT2D eigenvalue weighted by molar-refractivity contribution is 5.87. The van der Waals surface area contributed by atoms with E-state index < -0.39 is 5.97 Å². The minimum Gasteiger partial charge on any atom is -0.478 e. The molecular formula is C14H24N2O2. The third-order valence-corrected chi connectivity index (χ3v) is 3.29. The van der Waals surface area contributed by atoms with Crippen LogP contribution in [0.4, 0.5) is 0 Å². The second-order valence-electron chi connectivity index (χ2n) is 5.08. The Labute approximate surface area is 109 Å². The van der Waals surface area contributed by atoms with E-state index in [-0.39, 0.29) is 0 Å². The predicted molar refractivity (Wildman–Crippen MR) is 73.7 cm³/mol. The van der Waals surface area contributed by atoms with Crippen LogP contribution in [0.2, 0.25) is 0 Å². The highest BCUT2D eigenvalue weighted by atomic mass is 16.4. The summed E-state index contributed by atoms with van der Waals surface area (Å²) in [6, 6.07) is 0. The van der Waals surface area contributed by atoms with Crippen molar-refractivity contribution in [3.05, 3.63) is 11.4 Å². The molecule has 0 spiro atoms. The maximum absolute atomic E-state index is 11.4. The van der Waals surface area contributed by atoms with Crippen LogP contribution in [0.3, 0.4) is 0 Å². The first-order valence-electron chi connectivity index (χ1n) is 6.76. The fraction of sp³-hybridized carbons (Fsp3) is 0.714. The van der Waals surface area contributed by atoms with Crippen LogP contribution in [-0.2, 0) is 4.79 Å². The third-order valence-electron chi connectivity index (χ3n) is 3.29. The molecular weight excluding hydrogens is 228 g/mol. The van der Waals surface area contributed by atoms with Gasteiger partial charge in [0.25, 0.3) is 0 Å². The van der Waals surface area contributed by atoms with Gasteiger partial charge in [-0.05, 0) is 31.6 Å². The predicted octanol–water partition coefficient (Wildman–Crippen LogP) is 2.91. The maximum atomic E-state index is 11.4. The minimum atomic E-state index is -0.834. The summed E-state index contributed by atoms with van der Waals surface area (Å²) in [5.74, 6) is 0.208. The van der Waals surface area contributed by atoms with Crippen molar-refractivity contribution in [3.8, 4) is 0 Å². The average Bonchev–Trinajstić information content (AvgIpc) is 2.30. The van der Waals surface area contributed by atoms with Gasteiger partial charge in [0, 0.05) is 19.8 Å². The second kappa shape index (κ2) is 7.19. The lowest BCUT2D eigenvalue weighted by molar-refractivity contribution is -0.133. The van der Waals surface area contributed by atoms with Crippen molar-refractivity contribution < 1.29 is 9.90 Å². The summed E-state index contributed by atoms with van der Waals surface area (Å²) in [6.45, 7) is 5.09. The van der Waals surface area contributed by atoms with Gasteiger partial charge < -0.3 is 10.0 Å². The number of unbranched alkanes of at least 4 members (excludes halogenated alkanes) is 1. The molecule has 0 aromatic heterocycles. The van der Waals surface area contributed by atoms with Gasteiger partial charge in [0.1, 0.15) is 5.82 Å². The summed E-state index contributed by atoms with van der Waals surface area (Å²) in [6.07, 6.45) is 6.55. The number of carbonyl (C=O) groups is 1. The van der Waals surface area contributed by atoms with Crippen molar-refractivity contribution in [2.45, 2.75) is 46.0 Å². The zero-order chi connectivity index (χ0) is 13.5. The molecule has 1 rings (SSSR count). The lowest BCUT2D eigenvalue weighted by Gasteiger charge is -2.24. The highest BCUT2D eigenvalue weighted by Gasteiger charge is 2.21. The summed E-state index contributed by atoms with van der Waals surface area (Å²) in [4.78, 5) is 17.7. The maximum Gasteiger partial charge on any atom is 0.335 e. The number of carboxylic acids is 1. The highest BCUT2D eigenvalue weighted by Crippen LogP contribution is 2.24. The van der Waals surface area contributed by atoms with Crippen molar-refractivity contribution in [1.82, 2.24) is 4.90 Å². The first-order valence-corrected chi connectivity index (χ1v) is 6.76. The van der Waals surface area contributed by atoms with E-state index in [1.54, 1.807) is 0 Å². The molecule has 1 unspecified atom stereocenters. The molecule has 1 heterocycles. The van der Waals surface area contributed by atoms with Crippen LogP contribution in [0.1, 0.15) is 46.0 Å². The fourth-order valence-corrected chi connectivity index (χ4v) is 2.14. The smallest absolute Gasteiger partial charge is 0.335 e. The van der Waals surface area contributed by atoms with Crippen molar-refractivity contribution >= 4 is 12.2 Å². The van der Waals surface area contributed by atoms with Crippen molar-refractivity contribution in [1.29, 1.82) is 0 Å². The summed E-state index contributed by atoms with van der Waals surface area (Å²) >= 11 is 0. The lowest BCUT2D eigenvalue weighted by Crippen LogP contribution is -2.23. The SMILES string of the molecule is CCCCN(C)C1=C(\C(=O)O)CC(C)CC/C=N\1. The van der Waals surface area contributed by atoms with Gasteiger partial charge in [-0.3, -0.25) is 0 Å². The van der Waals surface area contributed by atoms with E-state index in [1.165, 1.54) is 0 Å². The Bertz CT molecular complexity index is 348. The molecule has 18 heavy (non-hydrogen) atoms. The molecule has 0 saturated heterocycles. The third kappa shape index (κ3) is 4.17. The Morgan fingerprint density at radius 2 is 2.33 bits per heavy atom. The monoisotopic (exact) mass is 252 g/mol. The fourth-order valence-electron chi connectivity index (χ4n) is 2.14. The standard InChI is InChI=1S/C14H24N2O2/c1-4-5-9-16(3)13-12(14(17)18)10-11(2)7-6-8-15-13/h8,11H,4-7,9-10H2,1-3H3,(H,17,18)/b13-12-,15-8-. The van der Waals surface area contributed by atoms with Crippen LogP contribution in [-0.4, -0.2) is 35.8 Å². The van der Waals surface area contributed by atoms with E-state index in [1.807, 2.05) is 18.2 Å². The van der Waals surface area contributed by atoms with Crippen LogP contribution in [0.15, 0.2) is 16.4 Å². The number of hydrogen-bond donors (Lipinski definition) is 1. The molecule has 0 saturated carbocycles. The van der Waals surface area contributed by atoms with Crippen LogP contribution in [0, 0.1) is 5.92 Å². The van der Waals surface area contributed by atoms with E-state index in [4.69, 9.17) is 0 Å². The summed E-state index contributed by atoms with van der Waals surface area (Å²) in [7, 11) is 1.93. The molecule has 102 valence electrons. The van der Waals surface area contributed by atoms with Gasteiger partial charge in [-0.15, -0.1) is 0 Å². The van der Waals surface area contributed by atoms with E-state index >= 15 is 0 Å². The summed E-state index contributed by atoms with van der Waals surface area (Å²) in [5.41, 5.74) is 0.456. The Morgan fingerprint density at radius 3 is 2.94 bits per heavy atom. The number of aliphatic imine (C=N–C) groups is 1. The Kier molecular flexibility index (Phi) is 5.89. The van der Waals surface area contributed by atoms with Gasteiger partial charge in [-0.2, -0.15) is 0 Å². The van der Waals surface area contributed by atoms with Gasteiger partial charge in [0.15, 0.2) is 0 Å². The van der Waals surface area contributed by atoms with Gasteiger partial charge in [-0.25, -0.2) is 9.79 Å². The minimum absolute atomic E-state index is 0.400. The van der Waals surface area contributed by atoms with Crippen molar-refractivity contribution in [3.63, 3.8) is 0 Å². The average molecular weight is 252 g/mol. The Hall–Kier alpha value is -1.32. The van der Waals surface area contributed by atoms with Crippen LogP contribution in [0.25, 0.3) is 0 Å². The first kappa shape index (κ1) is 14.7. The molecule has 0 aliphatic carbocycles. The van der Waals surface area contributed by atoms with E-state index in [9.17, 15) is 9.90 Å². The molecule has 1 aliphatic heterocycles. The quantitative estimate of drug-likeness (QED) is 0.818. The van der Waals surface area contributed by atoms with Crippen LogP contribution >= 0.6 is 0 Å². The molecule has 0 aromatic rings. The number of rotatable bonds is 5. The van der Waals surface area contributed by atoms with Gasteiger partial charge in [0.2, 0.25) is 0 Å². The number of nitrogens with zero attached hydrogens (tertiary/aromatic N) is 2. The lowest BCUT2D eigenvalue weighted by atomic mass is 9.95. The van der Waals surface area contributed by atoms with E-state index in [0.717, 1.165) is 32.2 Å². The van der Waals surface area contributed by atoms with Gasteiger partial charge >= 0.3 is 5.97 Å². The largest absolute Gasteiger partial charge is 0.478 e. The second-order valence-corrected chi connectivity index (χ2v) is 5.08. The molecule has 0 aromatic carbocycles. The molecule has 0 radical (unpaired) electrons. The summed E-state index contributed by atoms with van der Waals surface area (Å²) < 4.78 is 0. The molecule has 4 heteroatoms. The van der Waals surface area contributed by atoms with Crippen LogP contribution in [0.5, 0.6) is 0 Å². The molecule has 0 amide bonds. The zero-order valence-corrected chi connectivity index (χ0v) is 11.6. The molecule has 1 aliphatic rings. The number of aliphatic carboxylic acids is 1. The Balaban J connectivity index is 2.98. The molecule has 0 bridgehead atoms. The van der Waals surface area contributed by atoms with E-state index in [0.29, 0.717) is 23.7 Å². The van der Waals surface area contributed by atoms with Crippen LogP contribution < -0.4 is 0 Å². The zero-order valence-electron chi connectivity index (χ0n) is 11.6. The van der Waals surface area contributed by atoms with Crippen molar-refractivity contribution in [2.75, 3.05) is 13.6 Å². The first-order chi connectivity index (χ1) is 8.56. The summed E-state index contributed by atoms with van der Waals surface area (Å²) in [5, 5.41) is 9.36. The molecule has 0 fully saturated rings. The molecule has 1 atom stereocenters. The normalized spacial score (nSPS) is 26.3. The van der Waals surface area contributed by atoms with Gasteiger partial charge in [0.05, 0.1) is 5.57 Å². The Morgan fingerprint density at radius 1 is 1.61 bits per heavy atom. The topological polar surface area (TPSA) is 52.9 Å². The van der Waals surface area contributed by atoms with Crippen molar-refractivity contribution in [2.24, 2.45) is 10.9 Å². The number of hydrogen-bond acceptors (Lipinski definition) is 3. The van der Waals surface area contributed by atoms with E-state index in [2.05, 4.69) is 18.8 Å². The molecule has 4 nitrogen and oxygen atoms in total.